The lowest BCUT2D eigenvalue weighted by atomic mass is 10.2. The molecule has 2 aromatic rings. The number of hydrogen-bond donors (Lipinski definition) is 1. The van der Waals surface area contributed by atoms with Gasteiger partial charge in [-0.05, 0) is 18.6 Å². The van der Waals surface area contributed by atoms with Gasteiger partial charge in [-0.1, -0.05) is 36.4 Å². The maximum absolute atomic E-state index is 4.79. The summed E-state index contributed by atoms with van der Waals surface area (Å²) in [5.41, 5.74) is 2.38. The quantitative estimate of drug-likeness (QED) is 0.655. The standard InChI is InChI=1S/C19H27N5/c1-5-20-19(24(4)15-16-10-7-6-8-11-16)22-14-17-12-9-13-21-18(17)23(2)3/h6-13H,5,14-15H2,1-4H3,(H,20,22). The number of rotatable bonds is 6. The maximum atomic E-state index is 4.79. The minimum absolute atomic E-state index is 0.600. The summed E-state index contributed by atoms with van der Waals surface area (Å²) in [6.45, 7) is 4.34. The number of hydrogen-bond acceptors (Lipinski definition) is 3. The van der Waals surface area contributed by atoms with Crippen LogP contribution in [-0.2, 0) is 13.1 Å². The second-order valence-corrected chi connectivity index (χ2v) is 5.89. The van der Waals surface area contributed by atoms with Crippen molar-refractivity contribution in [2.24, 2.45) is 4.99 Å². The lowest BCUT2D eigenvalue weighted by molar-refractivity contribution is 0.477. The number of nitrogens with zero attached hydrogens (tertiary/aromatic N) is 4. The third-order valence-corrected chi connectivity index (χ3v) is 3.65. The Morgan fingerprint density at radius 3 is 2.50 bits per heavy atom. The number of anilines is 1. The molecule has 0 radical (unpaired) electrons. The Kier molecular flexibility index (Phi) is 6.61. The van der Waals surface area contributed by atoms with Crippen molar-refractivity contribution in [1.29, 1.82) is 0 Å². The Morgan fingerprint density at radius 1 is 1.08 bits per heavy atom. The summed E-state index contributed by atoms with van der Waals surface area (Å²) in [5.74, 6) is 1.86. The van der Waals surface area contributed by atoms with E-state index in [2.05, 4.69) is 59.5 Å². The first-order valence-corrected chi connectivity index (χ1v) is 8.26. The van der Waals surface area contributed by atoms with Crippen molar-refractivity contribution in [3.63, 3.8) is 0 Å². The van der Waals surface area contributed by atoms with Gasteiger partial charge in [0.2, 0.25) is 0 Å². The average Bonchev–Trinajstić information content (AvgIpc) is 2.59. The molecule has 5 heteroatoms. The number of nitrogens with one attached hydrogen (secondary N) is 1. The van der Waals surface area contributed by atoms with Crippen LogP contribution in [0.5, 0.6) is 0 Å². The molecular weight excluding hydrogens is 298 g/mol. The van der Waals surface area contributed by atoms with E-state index in [1.54, 1.807) is 0 Å². The zero-order valence-corrected chi connectivity index (χ0v) is 15.0. The normalized spacial score (nSPS) is 11.2. The highest BCUT2D eigenvalue weighted by Gasteiger charge is 2.08. The molecule has 0 aliphatic heterocycles. The van der Waals surface area contributed by atoms with Gasteiger partial charge in [0, 0.05) is 46.0 Å². The fourth-order valence-corrected chi connectivity index (χ4v) is 2.52. The Bertz CT molecular complexity index is 652. The van der Waals surface area contributed by atoms with Gasteiger partial charge in [-0.15, -0.1) is 0 Å². The molecule has 5 nitrogen and oxygen atoms in total. The molecule has 0 bridgehead atoms. The first kappa shape index (κ1) is 17.8. The molecule has 0 unspecified atom stereocenters. The van der Waals surface area contributed by atoms with E-state index >= 15 is 0 Å². The van der Waals surface area contributed by atoms with Gasteiger partial charge in [0.1, 0.15) is 5.82 Å². The van der Waals surface area contributed by atoms with Crippen molar-refractivity contribution >= 4 is 11.8 Å². The van der Waals surface area contributed by atoms with E-state index in [0.717, 1.165) is 30.4 Å². The smallest absolute Gasteiger partial charge is 0.194 e. The molecule has 0 aliphatic carbocycles. The van der Waals surface area contributed by atoms with Crippen LogP contribution in [-0.4, -0.2) is 43.5 Å². The van der Waals surface area contributed by atoms with Crippen LogP contribution in [0, 0.1) is 0 Å². The van der Waals surface area contributed by atoms with E-state index in [9.17, 15) is 0 Å². The Balaban J connectivity index is 2.13. The van der Waals surface area contributed by atoms with Crippen molar-refractivity contribution in [2.45, 2.75) is 20.0 Å². The zero-order valence-electron chi connectivity index (χ0n) is 15.0. The van der Waals surface area contributed by atoms with Crippen LogP contribution in [0.4, 0.5) is 5.82 Å². The predicted molar refractivity (Wildman–Crippen MR) is 101 cm³/mol. The summed E-state index contributed by atoms with van der Waals surface area (Å²) < 4.78 is 0. The summed E-state index contributed by atoms with van der Waals surface area (Å²) in [6.07, 6.45) is 1.81. The SMILES string of the molecule is CCNC(=NCc1cccnc1N(C)C)N(C)Cc1ccccc1. The minimum atomic E-state index is 0.600. The second-order valence-electron chi connectivity index (χ2n) is 5.89. The highest BCUT2D eigenvalue weighted by Crippen LogP contribution is 2.15. The lowest BCUT2D eigenvalue weighted by Gasteiger charge is -2.22. The number of aliphatic imine (C=N–C) groups is 1. The van der Waals surface area contributed by atoms with Crippen molar-refractivity contribution in [2.75, 3.05) is 32.6 Å². The van der Waals surface area contributed by atoms with Crippen LogP contribution < -0.4 is 10.2 Å². The van der Waals surface area contributed by atoms with Gasteiger partial charge in [0.25, 0.3) is 0 Å². The van der Waals surface area contributed by atoms with Gasteiger partial charge in [0.15, 0.2) is 5.96 Å². The summed E-state index contributed by atoms with van der Waals surface area (Å²) in [5, 5.41) is 3.36. The first-order chi connectivity index (χ1) is 11.6. The predicted octanol–water partition coefficient (Wildman–Crippen LogP) is 2.75. The molecule has 0 saturated heterocycles. The highest BCUT2D eigenvalue weighted by atomic mass is 15.3. The Hall–Kier alpha value is -2.56. The van der Waals surface area contributed by atoms with Gasteiger partial charge in [-0.25, -0.2) is 9.98 Å². The zero-order chi connectivity index (χ0) is 17.4. The second kappa shape index (κ2) is 8.91. The van der Waals surface area contributed by atoms with Crippen molar-refractivity contribution in [1.82, 2.24) is 15.2 Å². The van der Waals surface area contributed by atoms with Crippen molar-refractivity contribution < 1.29 is 0 Å². The monoisotopic (exact) mass is 325 g/mol. The van der Waals surface area contributed by atoms with Crippen molar-refractivity contribution in [3.8, 4) is 0 Å². The molecule has 2 rings (SSSR count). The Morgan fingerprint density at radius 2 is 1.83 bits per heavy atom. The van der Waals surface area contributed by atoms with E-state index in [1.165, 1.54) is 5.56 Å². The molecular formula is C19H27N5. The molecule has 24 heavy (non-hydrogen) atoms. The Labute approximate surface area is 145 Å². The third kappa shape index (κ3) is 4.98. The van der Waals surface area contributed by atoms with Crippen LogP contribution in [0.25, 0.3) is 0 Å². The van der Waals surface area contributed by atoms with Crippen LogP contribution in [0.15, 0.2) is 53.7 Å². The van der Waals surface area contributed by atoms with Gasteiger partial charge in [0.05, 0.1) is 6.54 Å². The van der Waals surface area contributed by atoms with Gasteiger partial charge in [-0.3, -0.25) is 0 Å². The third-order valence-electron chi connectivity index (χ3n) is 3.65. The number of guanidine groups is 1. The molecule has 128 valence electrons. The fourth-order valence-electron chi connectivity index (χ4n) is 2.52. The van der Waals surface area contributed by atoms with E-state index in [1.807, 2.05) is 37.3 Å². The largest absolute Gasteiger partial charge is 0.362 e. The molecule has 0 fully saturated rings. The first-order valence-electron chi connectivity index (χ1n) is 8.26. The summed E-state index contributed by atoms with van der Waals surface area (Å²) in [6, 6.07) is 14.5. The number of pyridine rings is 1. The highest BCUT2D eigenvalue weighted by molar-refractivity contribution is 5.79. The van der Waals surface area contributed by atoms with Crippen LogP contribution in [0.3, 0.4) is 0 Å². The molecule has 1 heterocycles. The molecule has 1 N–H and O–H groups in total. The van der Waals surface area contributed by atoms with Gasteiger partial charge >= 0.3 is 0 Å². The maximum Gasteiger partial charge on any atom is 0.194 e. The van der Waals surface area contributed by atoms with Crippen LogP contribution in [0.1, 0.15) is 18.1 Å². The van der Waals surface area contributed by atoms with E-state index < -0.39 is 0 Å². The molecule has 0 saturated carbocycles. The van der Waals surface area contributed by atoms with E-state index in [0.29, 0.717) is 6.54 Å². The van der Waals surface area contributed by atoms with E-state index in [-0.39, 0.29) is 0 Å². The van der Waals surface area contributed by atoms with Crippen LogP contribution >= 0.6 is 0 Å². The lowest BCUT2D eigenvalue weighted by Crippen LogP contribution is -2.38. The van der Waals surface area contributed by atoms with Crippen molar-refractivity contribution in [3.05, 3.63) is 59.8 Å². The molecule has 0 aliphatic rings. The molecule has 1 aromatic heterocycles. The average molecular weight is 325 g/mol. The molecule has 0 atom stereocenters. The number of benzene rings is 1. The number of aromatic nitrogens is 1. The van der Waals surface area contributed by atoms with Gasteiger partial charge in [-0.2, -0.15) is 0 Å². The topological polar surface area (TPSA) is 43.8 Å². The fraction of sp³-hybridized carbons (Fsp3) is 0.368. The summed E-state index contributed by atoms with van der Waals surface area (Å²) in [7, 11) is 6.06. The summed E-state index contributed by atoms with van der Waals surface area (Å²) in [4.78, 5) is 13.4. The van der Waals surface area contributed by atoms with E-state index in [4.69, 9.17) is 4.99 Å². The van der Waals surface area contributed by atoms with Gasteiger partial charge < -0.3 is 15.1 Å². The minimum Gasteiger partial charge on any atom is -0.362 e. The van der Waals surface area contributed by atoms with Crippen LogP contribution in [0.2, 0.25) is 0 Å². The molecule has 1 aromatic carbocycles. The molecule has 0 spiro atoms. The molecule has 0 amide bonds. The summed E-state index contributed by atoms with van der Waals surface area (Å²) >= 11 is 0.